The van der Waals surface area contributed by atoms with Crippen molar-refractivity contribution in [3.05, 3.63) is 35.9 Å². The molecule has 1 heterocycles. The minimum atomic E-state index is -0.0334. The van der Waals surface area contributed by atoms with Crippen LogP contribution in [0.15, 0.2) is 30.3 Å². The standard InChI is InChI=1S/C17H23N3O2/c1-18-8-7-16(21)19-13-9-17(22)20(11-13)15-10-14(15)12-5-3-2-4-6-12/h2-6,13-15,18H,7-11H2,1H3,(H,19,21). The van der Waals surface area contributed by atoms with Crippen LogP contribution in [-0.2, 0) is 9.59 Å². The predicted molar refractivity (Wildman–Crippen MR) is 84.4 cm³/mol. The molecule has 1 aromatic rings. The lowest BCUT2D eigenvalue weighted by Crippen LogP contribution is -2.38. The summed E-state index contributed by atoms with van der Waals surface area (Å²) < 4.78 is 0. The molecule has 1 aromatic carbocycles. The van der Waals surface area contributed by atoms with E-state index in [1.54, 1.807) is 0 Å². The van der Waals surface area contributed by atoms with Gasteiger partial charge in [0.05, 0.1) is 6.04 Å². The van der Waals surface area contributed by atoms with Crippen LogP contribution in [0.3, 0.4) is 0 Å². The zero-order chi connectivity index (χ0) is 15.5. The van der Waals surface area contributed by atoms with Gasteiger partial charge in [-0.3, -0.25) is 9.59 Å². The average molecular weight is 301 g/mol. The lowest BCUT2D eigenvalue weighted by Gasteiger charge is -2.17. The number of likely N-dealkylation sites (tertiary alicyclic amines) is 1. The Bertz CT molecular complexity index is 546. The molecular weight excluding hydrogens is 278 g/mol. The van der Waals surface area contributed by atoms with E-state index in [1.165, 1.54) is 5.56 Å². The minimum Gasteiger partial charge on any atom is -0.351 e. The van der Waals surface area contributed by atoms with Crippen LogP contribution in [0.4, 0.5) is 0 Å². The Hall–Kier alpha value is -1.88. The van der Waals surface area contributed by atoms with E-state index in [4.69, 9.17) is 0 Å². The zero-order valence-electron chi connectivity index (χ0n) is 12.9. The first-order valence-corrected chi connectivity index (χ1v) is 7.97. The molecule has 1 saturated heterocycles. The number of hydrogen-bond acceptors (Lipinski definition) is 3. The third-order valence-electron chi connectivity index (χ3n) is 4.51. The van der Waals surface area contributed by atoms with E-state index in [2.05, 4.69) is 22.8 Å². The highest BCUT2D eigenvalue weighted by Gasteiger charge is 2.47. The third-order valence-corrected chi connectivity index (χ3v) is 4.51. The molecule has 0 bridgehead atoms. The van der Waals surface area contributed by atoms with Crippen LogP contribution in [0.2, 0.25) is 0 Å². The molecule has 3 unspecified atom stereocenters. The molecule has 5 heteroatoms. The topological polar surface area (TPSA) is 61.4 Å². The summed E-state index contributed by atoms with van der Waals surface area (Å²) in [7, 11) is 1.82. The summed E-state index contributed by atoms with van der Waals surface area (Å²) in [6.07, 6.45) is 1.93. The van der Waals surface area contributed by atoms with Gasteiger partial charge in [-0.2, -0.15) is 0 Å². The molecule has 2 fully saturated rings. The van der Waals surface area contributed by atoms with E-state index in [0.29, 0.717) is 37.9 Å². The van der Waals surface area contributed by atoms with Crippen molar-refractivity contribution in [2.45, 2.75) is 37.3 Å². The van der Waals surface area contributed by atoms with Crippen LogP contribution in [0.25, 0.3) is 0 Å². The first-order chi connectivity index (χ1) is 10.7. The Morgan fingerprint density at radius 2 is 2.09 bits per heavy atom. The Morgan fingerprint density at radius 3 is 2.82 bits per heavy atom. The van der Waals surface area contributed by atoms with Gasteiger partial charge in [0.25, 0.3) is 0 Å². The van der Waals surface area contributed by atoms with Gasteiger partial charge in [-0.05, 0) is 19.0 Å². The molecule has 2 N–H and O–H groups in total. The number of nitrogens with one attached hydrogen (secondary N) is 2. The molecular formula is C17H23N3O2. The molecule has 0 radical (unpaired) electrons. The summed E-state index contributed by atoms with van der Waals surface area (Å²) in [5, 5.41) is 5.92. The van der Waals surface area contributed by atoms with Gasteiger partial charge in [-0.15, -0.1) is 0 Å². The van der Waals surface area contributed by atoms with Crippen LogP contribution >= 0.6 is 0 Å². The quantitative estimate of drug-likeness (QED) is 0.819. The van der Waals surface area contributed by atoms with Gasteiger partial charge in [-0.1, -0.05) is 30.3 Å². The van der Waals surface area contributed by atoms with Gasteiger partial charge in [0.2, 0.25) is 11.8 Å². The van der Waals surface area contributed by atoms with E-state index in [-0.39, 0.29) is 17.9 Å². The molecule has 22 heavy (non-hydrogen) atoms. The van der Waals surface area contributed by atoms with Crippen molar-refractivity contribution in [2.75, 3.05) is 20.1 Å². The molecule has 3 rings (SSSR count). The molecule has 0 spiro atoms. The van der Waals surface area contributed by atoms with Crippen molar-refractivity contribution < 1.29 is 9.59 Å². The van der Waals surface area contributed by atoms with Crippen molar-refractivity contribution in [1.82, 2.24) is 15.5 Å². The van der Waals surface area contributed by atoms with Gasteiger partial charge in [0.1, 0.15) is 0 Å². The summed E-state index contributed by atoms with van der Waals surface area (Å²) in [6.45, 7) is 1.31. The number of carbonyl (C=O) groups is 2. The van der Waals surface area contributed by atoms with Crippen molar-refractivity contribution in [3.63, 3.8) is 0 Å². The maximum absolute atomic E-state index is 12.2. The number of benzene rings is 1. The number of hydrogen-bond donors (Lipinski definition) is 2. The van der Waals surface area contributed by atoms with E-state index in [9.17, 15) is 9.59 Å². The molecule has 5 nitrogen and oxygen atoms in total. The van der Waals surface area contributed by atoms with Crippen LogP contribution in [-0.4, -0.2) is 48.9 Å². The second kappa shape index (κ2) is 6.48. The molecule has 1 aliphatic carbocycles. The van der Waals surface area contributed by atoms with E-state index < -0.39 is 0 Å². The molecule has 118 valence electrons. The van der Waals surface area contributed by atoms with E-state index in [1.807, 2.05) is 30.1 Å². The van der Waals surface area contributed by atoms with Gasteiger partial charge >= 0.3 is 0 Å². The molecule has 1 saturated carbocycles. The summed E-state index contributed by atoms with van der Waals surface area (Å²) in [5.41, 5.74) is 1.31. The van der Waals surface area contributed by atoms with Crippen molar-refractivity contribution in [3.8, 4) is 0 Å². The van der Waals surface area contributed by atoms with Crippen LogP contribution in [0, 0.1) is 0 Å². The fraction of sp³-hybridized carbons (Fsp3) is 0.529. The fourth-order valence-corrected chi connectivity index (χ4v) is 3.27. The van der Waals surface area contributed by atoms with Gasteiger partial charge in [0.15, 0.2) is 0 Å². The summed E-state index contributed by atoms with van der Waals surface area (Å²) in [6, 6.07) is 10.6. The van der Waals surface area contributed by atoms with Crippen LogP contribution in [0.1, 0.15) is 30.7 Å². The Labute approximate surface area is 131 Å². The highest BCUT2D eigenvalue weighted by molar-refractivity contribution is 5.83. The SMILES string of the molecule is CNCCC(=O)NC1CC(=O)N(C2CC2c2ccccc2)C1. The monoisotopic (exact) mass is 301 g/mol. The van der Waals surface area contributed by atoms with E-state index in [0.717, 1.165) is 6.42 Å². The second-order valence-electron chi connectivity index (χ2n) is 6.19. The molecule has 0 aromatic heterocycles. The highest BCUT2D eigenvalue weighted by atomic mass is 16.2. The molecule has 2 aliphatic rings. The summed E-state index contributed by atoms with van der Waals surface area (Å²) >= 11 is 0. The minimum absolute atomic E-state index is 0.0180. The van der Waals surface area contributed by atoms with Crippen LogP contribution < -0.4 is 10.6 Å². The highest BCUT2D eigenvalue weighted by Crippen LogP contribution is 2.45. The van der Waals surface area contributed by atoms with Gasteiger partial charge < -0.3 is 15.5 Å². The normalized spacial score (nSPS) is 27.0. The maximum atomic E-state index is 12.2. The van der Waals surface area contributed by atoms with Crippen molar-refractivity contribution >= 4 is 11.8 Å². The lowest BCUT2D eigenvalue weighted by molar-refractivity contribution is -0.128. The largest absolute Gasteiger partial charge is 0.351 e. The number of amides is 2. The van der Waals surface area contributed by atoms with Crippen molar-refractivity contribution in [1.29, 1.82) is 0 Å². The van der Waals surface area contributed by atoms with E-state index >= 15 is 0 Å². The Balaban J connectivity index is 1.52. The third kappa shape index (κ3) is 3.30. The van der Waals surface area contributed by atoms with Crippen LogP contribution in [0.5, 0.6) is 0 Å². The Kier molecular flexibility index (Phi) is 4.43. The number of nitrogens with zero attached hydrogens (tertiary/aromatic N) is 1. The first-order valence-electron chi connectivity index (χ1n) is 7.97. The zero-order valence-corrected chi connectivity index (χ0v) is 12.9. The molecule has 3 atom stereocenters. The molecule has 2 amide bonds. The smallest absolute Gasteiger partial charge is 0.225 e. The Morgan fingerprint density at radius 1 is 1.32 bits per heavy atom. The summed E-state index contributed by atoms with van der Waals surface area (Å²) in [5.74, 6) is 0.649. The number of rotatable bonds is 6. The fourth-order valence-electron chi connectivity index (χ4n) is 3.27. The lowest BCUT2D eigenvalue weighted by atomic mass is 10.1. The van der Waals surface area contributed by atoms with Gasteiger partial charge in [-0.25, -0.2) is 0 Å². The second-order valence-corrected chi connectivity index (χ2v) is 6.19. The van der Waals surface area contributed by atoms with Gasteiger partial charge in [0, 0.05) is 37.9 Å². The average Bonchev–Trinajstić information content (AvgIpc) is 3.24. The van der Waals surface area contributed by atoms with Crippen molar-refractivity contribution in [2.24, 2.45) is 0 Å². The summed E-state index contributed by atoms with van der Waals surface area (Å²) in [4.78, 5) is 25.9. The maximum Gasteiger partial charge on any atom is 0.225 e. The molecule has 1 aliphatic heterocycles. The first kappa shape index (κ1) is 15.0. The predicted octanol–water partition coefficient (Wildman–Crippen LogP) is 0.869. The number of carbonyl (C=O) groups excluding carboxylic acids is 2.